The third-order valence-corrected chi connectivity index (χ3v) is 3.14. The van der Waals surface area contributed by atoms with E-state index in [9.17, 15) is 0 Å². The summed E-state index contributed by atoms with van der Waals surface area (Å²) in [5.41, 5.74) is 2.30. The van der Waals surface area contributed by atoms with Crippen LogP contribution in [0.5, 0.6) is 5.75 Å². The van der Waals surface area contributed by atoms with Crippen molar-refractivity contribution in [3.05, 3.63) is 58.6 Å². The van der Waals surface area contributed by atoms with Crippen molar-refractivity contribution in [1.29, 1.82) is 5.26 Å². The lowest BCUT2D eigenvalue weighted by Gasteiger charge is -2.11. The van der Waals surface area contributed by atoms with Crippen LogP contribution in [-0.2, 0) is 6.54 Å². The summed E-state index contributed by atoms with van der Waals surface area (Å²) in [7, 11) is 1.60. The molecule has 0 saturated heterocycles. The molecule has 0 aromatic heterocycles. The maximum Gasteiger partial charge on any atom is 0.121 e. The van der Waals surface area contributed by atoms with E-state index < -0.39 is 0 Å². The Bertz CT molecular complexity index is 620. The topological polar surface area (TPSA) is 45.0 Å². The SMILES string of the molecule is COc1ccc(C#N)c(NCc2ccccc2Cl)c1. The van der Waals surface area contributed by atoms with E-state index in [1.165, 1.54) is 0 Å². The first kappa shape index (κ1) is 13.3. The van der Waals surface area contributed by atoms with Crippen LogP contribution in [-0.4, -0.2) is 7.11 Å². The van der Waals surface area contributed by atoms with Crippen LogP contribution in [0.2, 0.25) is 5.02 Å². The lowest BCUT2D eigenvalue weighted by atomic mass is 10.1. The van der Waals surface area contributed by atoms with E-state index in [4.69, 9.17) is 21.6 Å². The summed E-state index contributed by atoms with van der Waals surface area (Å²) < 4.78 is 5.15. The van der Waals surface area contributed by atoms with Gasteiger partial charge in [0.1, 0.15) is 11.8 Å². The van der Waals surface area contributed by atoms with Crippen molar-refractivity contribution in [3.8, 4) is 11.8 Å². The largest absolute Gasteiger partial charge is 0.497 e. The minimum atomic E-state index is 0.557. The van der Waals surface area contributed by atoms with Crippen molar-refractivity contribution < 1.29 is 4.74 Å². The van der Waals surface area contributed by atoms with Crippen LogP contribution in [0.1, 0.15) is 11.1 Å². The molecule has 2 aromatic rings. The van der Waals surface area contributed by atoms with Gasteiger partial charge in [-0.25, -0.2) is 0 Å². The lowest BCUT2D eigenvalue weighted by Crippen LogP contribution is -2.02. The van der Waals surface area contributed by atoms with Crippen molar-refractivity contribution >= 4 is 17.3 Å². The Morgan fingerprint density at radius 1 is 1.26 bits per heavy atom. The highest BCUT2D eigenvalue weighted by molar-refractivity contribution is 6.31. The first-order valence-electron chi connectivity index (χ1n) is 5.80. The van der Waals surface area contributed by atoms with Crippen LogP contribution in [0.25, 0.3) is 0 Å². The van der Waals surface area contributed by atoms with Gasteiger partial charge in [0.25, 0.3) is 0 Å². The third kappa shape index (κ3) is 3.18. The van der Waals surface area contributed by atoms with E-state index in [0.29, 0.717) is 22.9 Å². The molecule has 19 heavy (non-hydrogen) atoms. The van der Waals surface area contributed by atoms with Gasteiger partial charge < -0.3 is 10.1 Å². The number of nitriles is 1. The lowest BCUT2D eigenvalue weighted by molar-refractivity contribution is 0.415. The Morgan fingerprint density at radius 2 is 2.05 bits per heavy atom. The highest BCUT2D eigenvalue weighted by atomic mass is 35.5. The Hall–Kier alpha value is -2.18. The van der Waals surface area contributed by atoms with Gasteiger partial charge in [0.2, 0.25) is 0 Å². The fourth-order valence-electron chi connectivity index (χ4n) is 1.73. The maximum absolute atomic E-state index is 9.08. The van der Waals surface area contributed by atoms with Gasteiger partial charge in [-0.1, -0.05) is 29.8 Å². The first-order valence-corrected chi connectivity index (χ1v) is 6.18. The number of methoxy groups -OCH3 is 1. The Labute approximate surface area is 117 Å². The summed E-state index contributed by atoms with van der Waals surface area (Å²) >= 11 is 6.09. The Morgan fingerprint density at radius 3 is 2.74 bits per heavy atom. The quantitative estimate of drug-likeness (QED) is 0.920. The molecule has 0 fully saturated rings. The van der Waals surface area contributed by atoms with Gasteiger partial charge >= 0.3 is 0 Å². The van der Waals surface area contributed by atoms with Gasteiger partial charge in [0.15, 0.2) is 0 Å². The van der Waals surface area contributed by atoms with E-state index >= 15 is 0 Å². The highest BCUT2D eigenvalue weighted by Crippen LogP contribution is 2.23. The number of benzene rings is 2. The molecule has 1 N–H and O–H groups in total. The number of halogens is 1. The molecule has 0 bridgehead atoms. The van der Waals surface area contributed by atoms with Crippen LogP contribution in [0.4, 0.5) is 5.69 Å². The van der Waals surface area contributed by atoms with Crippen LogP contribution < -0.4 is 10.1 Å². The van der Waals surface area contributed by atoms with Crippen LogP contribution in [0, 0.1) is 11.3 Å². The van der Waals surface area contributed by atoms with Crippen molar-refractivity contribution in [1.82, 2.24) is 0 Å². The second-order valence-electron chi connectivity index (χ2n) is 3.97. The van der Waals surface area contributed by atoms with Gasteiger partial charge in [0.05, 0.1) is 18.4 Å². The molecule has 0 atom stereocenters. The Balaban J connectivity index is 2.19. The normalized spacial score (nSPS) is 9.74. The van der Waals surface area contributed by atoms with Crippen molar-refractivity contribution in [3.63, 3.8) is 0 Å². The van der Waals surface area contributed by atoms with Gasteiger partial charge in [0, 0.05) is 17.6 Å². The number of ether oxygens (including phenoxy) is 1. The fourth-order valence-corrected chi connectivity index (χ4v) is 1.93. The molecule has 0 aliphatic heterocycles. The fraction of sp³-hybridized carbons (Fsp3) is 0.133. The van der Waals surface area contributed by atoms with Gasteiger partial charge in [-0.2, -0.15) is 5.26 Å². The van der Waals surface area contributed by atoms with Crippen molar-refractivity contribution in [2.45, 2.75) is 6.54 Å². The van der Waals surface area contributed by atoms with Crippen LogP contribution in [0.3, 0.4) is 0 Å². The molecule has 0 radical (unpaired) electrons. The molecule has 0 amide bonds. The number of rotatable bonds is 4. The molecular weight excluding hydrogens is 260 g/mol. The highest BCUT2D eigenvalue weighted by Gasteiger charge is 2.05. The predicted octanol–water partition coefficient (Wildman–Crippen LogP) is 3.83. The third-order valence-electron chi connectivity index (χ3n) is 2.77. The minimum Gasteiger partial charge on any atom is -0.497 e. The number of nitrogens with one attached hydrogen (secondary N) is 1. The second kappa shape index (κ2) is 6.12. The minimum absolute atomic E-state index is 0.557. The molecular formula is C15H13ClN2O. The molecule has 2 rings (SSSR count). The summed E-state index contributed by atoms with van der Waals surface area (Å²) in [6, 6.07) is 15.0. The summed E-state index contributed by atoms with van der Waals surface area (Å²) in [6.07, 6.45) is 0. The summed E-state index contributed by atoms with van der Waals surface area (Å²) in [6.45, 7) is 0.557. The monoisotopic (exact) mass is 272 g/mol. The molecule has 2 aromatic carbocycles. The van der Waals surface area contributed by atoms with E-state index in [2.05, 4.69) is 11.4 Å². The molecule has 0 aliphatic carbocycles. The average Bonchev–Trinajstić information content (AvgIpc) is 2.46. The zero-order chi connectivity index (χ0) is 13.7. The number of anilines is 1. The molecule has 0 spiro atoms. The summed E-state index contributed by atoms with van der Waals surface area (Å²) in [5.74, 6) is 0.709. The first-order chi connectivity index (χ1) is 9.24. The molecule has 96 valence electrons. The molecule has 3 nitrogen and oxygen atoms in total. The van der Waals surface area contributed by atoms with Crippen LogP contribution in [0.15, 0.2) is 42.5 Å². The van der Waals surface area contributed by atoms with E-state index in [-0.39, 0.29) is 0 Å². The zero-order valence-electron chi connectivity index (χ0n) is 10.5. The summed E-state index contributed by atoms with van der Waals surface area (Å²) in [4.78, 5) is 0. The number of hydrogen-bond acceptors (Lipinski definition) is 3. The standard InChI is InChI=1S/C15H13ClN2O/c1-19-13-7-6-11(9-17)15(8-13)18-10-12-4-2-3-5-14(12)16/h2-8,18H,10H2,1H3. The number of nitrogens with zero attached hydrogens (tertiary/aromatic N) is 1. The van der Waals surface area contributed by atoms with Crippen molar-refractivity contribution in [2.24, 2.45) is 0 Å². The molecule has 0 heterocycles. The molecule has 0 saturated carbocycles. The van der Waals surface area contributed by atoms with Gasteiger partial charge in [-0.15, -0.1) is 0 Å². The van der Waals surface area contributed by atoms with E-state index in [1.54, 1.807) is 25.3 Å². The van der Waals surface area contributed by atoms with Crippen LogP contribution >= 0.6 is 11.6 Å². The molecule has 0 aliphatic rings. The average molecular weight is 273 g/mol. The van der Waals surface area contributed by atoms with Crippen molar-refractivity contribution in [2.75, 3.05) is 12.4 Å². The maximum atomic E-state index is 9.08. The van der Waals surface area contributed by atoms with E-state index in [0.717, 1.165) is 11.3 Å². The second-order valence-corrected chi connectivity index (χ2v) is 4.38. The molecule has 4 heteroatoms. The van der Waals surface area contributed by atoms with Gasteiger partial charge in [-0.05, 0) is 23.8 Å². The number of hydrogen-bond donors (Lipinski definition) is 1. The molecule has 0 unspecified atom stereocenters. The predicted molar refractivity (Wildman–Crippen MR) is 76.5 cm³/mol. The smallest absolute Gasteiger partial charge is 0.121 e. The zero-order valence-corrected chi connectivity index (χ0v) is 11.2. The van der Waals surface area contributed by atoms with E-state index in [1.807, 2.05) is 24.3 Å². The summed E-state index contributed by atoms with van der Waals surface area (Å²) in [5, 5.41) is 13.0. The van der Waals surface area contributed by atoms with Gasteiger partial charge in [-0.3, -0.25) is 0 Å². The Kier molecular flexibility index (Phi) is 4.27.